The molecule has 0 aliphatic carbocycles. The third kappa shape index (κ3) is 3.12. The average Bonchev–Trinajstić information content (AvgIpc) is 2.97. The fourth-order valence-corrected chi connectivity index (χ4v) is 6.01. The molecule has 2 saturated heterocycles. The molecule has 0 bridgehead atoms. The number of fused-ring (bicyclic) bond motifs is 1. The van der Waals surface area contributed by atoms with Crippen LogP contribution in [0.3, 0.4) is 0 Å². The summed E-state index contributed by atoms with van der Waals surface area (Å²) in [5.74, 6) is -0.890. The Bertz CT molecular complexity index is 732. The standard InChI is InChI=1S/C12H15BrN6O4S2/c1-6(20)19(13)7-8(21)18-3-12(10(22)23,4-24-9(7)18)5-25-11-14-15-16-17(11)2/h7,9H,3-5H2,1-2H3,(H,22,23)/t7?,9-,12?/m1/s1. The largest absolute Gasteiger partial charge is 0.481 e. The first-order valence-electron chi connectivity index (χ1n) is 7.23. The van der Waals surface area contributed by atoms with Crippen LogP contribution < -0.4 is 0 Å². The number of aromatic nitrogens is 4. The summed E-state index contributed by atoms with van der Waals surface area (Å²) < 4.78 is 2.70. The smallest absolute Gasteiger partial charge is 0.313 e. The van der Waals surface area contributed by atoms with Crippen molar-refractivity contribution in [3.05, 3.63) is 0 Å². The minimum absolute atomic E-state index is 0.104. The number of hydrogen-bond acceptors (Lipinski definition) is 8. The Hall–Kier alpha value is -1.34. The van der Waals surface area contributed by atoms with E-state index in [1.54, 1.807) is 7.05 Å². The van der Waals surface area contributed by atoms with Gasteiger partial charge in [-0.1, -0.05) is 11.8 Å². The zero-order chi connectivity index (χ0) is 18.4. The average molecular weight is 451 g/mol. The molecular weight excluding hydrogens is 436 g/mol. The number of hydrogen-bond donors (Lipinski definition) is 1. The van der Waals surface area contributed by atoms with Crippen molar-refractivity contribution < 1.29 is 19.5 Å². The van der Waals surface area contributed by atoms with Crippen LogP contribution in [0.5, 0.6) is 0 Å². The molecule has 0 spiro atoms. The number of carbonyl (C=O) groups excluding carboxylic acids is 2. The number of tetrazole rings is 1. The van der Waals surface area contributed by atoms with E-state index >= 15 is 0 Å². The van der Waals surface area contributed by atoms with Gasteiger partial charge >= 0.3 is 5.97 Å². The van der Waals surface area contributed by atoms with Gasteiger partial charge in [-0.05, 0) is 10.4 Å². The van der Waals surface area contributed by atoms with Gasteiger partial charge in [0, 0.05) is 32.0 Å². The number of amides is 2. The summed E-state index contributed by atoms with van der Waals surface area (Å²) in [6.07, 6.45) is 0. The molecule has 1 N–H and O–H groups in total. The molecule has 2 aliphatic heterocycles. The summed E-state index contributed by atoms with van der Waals surface area (Å²) in [7, 11) is 1.68. The molecule has 3 heterocycles. The van der Waals surface area contributed by atoms with E-state index in [1.807, 2.05) is 0 Å². The van der Waals surface area contributed by atoms with Crippen LogP contribution in [0.2, 0.25) is 0 Å². The van der Waals surface area contributed by atoms with E-state index in [1.165, 1.54) is 44.0 Å². The Morgan fingerprint density at radius 2 is 2.28 bits per heavy atom. The van der Waals surface area contributed by atoms with Crippen LogP contribution in [0, 0.1) is 5.41 Å². The zero-order valence-corrected chi connectivity index (χ0v) is 16.5. The Balaban J connectivity index is 1.72. The lowest BCUT2D eigenvalue weighted by atomic mass is 9.89. The number of rotatable bonds is 5. The van der Waals surface area contributed by atoms with Crippen LogP contribution >= 0.6 is 39.7 Å². The number of nitrogens with zero attached hydrogens (tertiary/aromatic N) is 6. The van der Waals surface area contributed by atoms with Gasteiger partial charge in [0.05, 0.1) is 16.1 Å². The molecule has 13 heteroatoms. The van der Waals surface area contributed by atoms with Gasteiger partial charge < -0.3 is 10.0 Å². The van der Waals surface area contributed by atoms with Gasteiger partial charge in [-0.2, -0.15) is 0 Å². The van der Waals surface area contributed by atoms with Crippen molar-refractivity contribution >= 4 is 57.5 Å². The normalized spacial score (nSPS) is 28.3. The molecule has 2 aliphatic rings. The molecule has 0 saturated carbocycles. The van der Waals surface area contributed by atoms with Gasteiger partial charge in [0.25, 0.3) is 0 Å². The van der Waals surface area contributed by atoms with Gasteiger partial charge in [-0.3, -0.25) is 18.3 Å². The maximum Gasteiger partial charge on any atom is 0.313 e. The van der Waals surface area contributed by atoms with Crippen molar-refractivity contribution in [3.63, 3.8) is 0 Å². The molecule has 1 aromatic rings. The van der Waals surface area contributed by atoms with E-state index in [2.05, 4.69) is 31.7 Å². The quantitative estimate of drug-likeness (QED) is 0.369. The number of halogens is 1. The fraction of sp³-hybridized carbons (Fsp3) is 0.667. The number of thioether (sulfide) groups is 2. The number of carboxylic acids is 1. The molecule has 10 nitrogen and oxygen atoms in total. The van der Waals surface area contributed by atoms with Crippen LogP contribution in [0.15, 0.2) is 5.16 Å². The van der Waals surface area contributed by atoms with Crippen molar-refractivity contribution in [2.75, 3.05) is 18.1 Å². The van der Waals surface area contributed by atoms with Crippen LogP contribution in [-0.2, 0) is 21.4 Å². The molecule has 3 rings (SSSR count). The fourth-order valence-electron chi connectivity index (χ4n) is 2.70. The molecule has 0 radical (unpaired) electrons. The van der Waals surface area contributed by atoms with Crippen molar-refractivity contribution in [1.82, 2.24) is 29.0 Å². The number of carbonyl (C=O) groups is 3. The second-order valence-corrected chi connectivity index (χ2v) is 8.71. The van der Waals surface area contributed by atoms with Crippen LogP contribution in [0.25, 0.3) is 0 Å². The SMILES string of the molecule is CC(=O)N(Br)C1C(=O)N2CC(CSc3nnnn3C)(C(=O)O)CS[C@H]12. The van der Waals surface area contributed by atoms with E-state index < -0.39 is 17.4 Å². The topological polar surface area (TPSA) is 122 Å². The minimum atomic E-state index is -1.09. The lowest BCUT2D eigenvalue weighted by Gasteiger charge is -2.55. The van der Waals surface area contributed by atoms with Crippen molar-refractivity contribution in [1.29, 1.82) is 0 Å². The molecule has 2 fully saturated rings. The molecule has 136 valence electrons. The first-order chi connectivity index (χ1) is 11.8. The van der Waals surface area contributed by atoms with Crippen LogP contribution in [0.1, 0.15) is 6.92 Å². The second kappa shape index (κ2) is 6.76. The number of aliphatic carboxylic acids is 1. The van der Waals surface area contributed by atoms with Gasteiger partial charge in [0.2, 0.25) is 17.0 Å². The number of aryl methyl sites for hydroxylation is 1. The molecule has 0 aromatic carbocycles. The number of β-lactam (4-membered cyclic amide) rings is 1. The molecule has 25 heavy (non-hydrogen) atoms. The molecule has 2 amide bonds. The molecule has 2 unspecified atom stereocenters. The first kappa shape index (κ1) is 18.5. The third-order valence-electron chi connectivity index (χ3n) is 4.17. The first-order valence-corrected chi connectivity index (χ1v) is 9.97. The Labute approximate surface area is 160 Å². The second-order valence-electron chi connectivity index (χ2n) is 5.90. The lowest BCUT2D eigenvalue weighted by molar-refractivity contribution is -0.160. The molecular formula is C12H15BrN6O4S2. The molecule has 1 aromatic heterocycles. The lowest BCUT2D eigenvalue weighted by Crippen LogP contribution is -2.73. The maximum atomic E-state index is 12.4. The third-order valence-corrected chi connectivity index (χ3v) is 7.99. The highest BCUT2D eigenvalue weighted by Crippen LogP contribution is 2.46. The zero-order valence-electron chi connectivity index (χ0n) is 13.3. The highest BCUT2D eigenvalue weighted by Gasteiger charge is 2.59. The van der Waals surface area contributed by atoms with Gasteiger partial charge in [0.15, 0.2) is 6.04 Å². The van der Waals surface area contributed by atoms with Crippen molar-refractivity contribution in [2.45, 2.75) is 23.5 Å². The summed E-state index contributed by atoms with van der Waals surface area (Å²) in [4.78, 5) is 37.3. The van der Waals surface area contributed by atoms with E-state index in [0.29, 0.717) is 10.9 Å². The maximum absolute atomic E-state index is 12.4. The highest BCUT2D eigenvalue weighted by molar-refractivity contribution is 9.07. The van der Waals surface area contributed by atoms with E-state index in [-0.39, 0.29) is 29.5 Å². The predicted octanol–water partition coefficient (Wildman–Crippen LogP) is -0.185. The monoisotopic (exact) mass is 450 g/mol. The summed E-state index contributed by atoms with van der Waals surface area (Å²) in [5.41, 5.74) is -1.09. The van der Waals surface area contributed by atoms with Gasteiger partial charge in [0.1, 0.15) is 10.8 Å². The van der Waals surface area contributed by atoms with E-state index in [0.717, 1.165) is 0 Å². The Kier molecular flexibility index (Phi) is 4.99. The highest BCUT2D eigenvalue weighted by atomic mass is 79.9. The van der Waals surface area contributed by atoms with E-state index in [9.17, 15) is 19.5 Å². The van der Waals surface area contributed by atoms with Crippen LogP contribution in [0.4, 0.5) is 0 Å². The van der Waals surface area contributed by atoms with Crippen molar-refractivity contribution in [2.24, 2.45) is 12.5 Å². The summed E-state index contributed by atoms with van der Waals surface area (Å²) in [6, 6.07) is -0.593. The van der Waals surface area contributed by atoms with Gasteiger partial charge in [-0.15, -0.1) is 16.9 Å². The summed E-state index contributed by atoms with van der Waals surface area (Å²) >= 11 is 5.75. The summed E-state index contributed by atoms with van der Waals surface area (Å²) in [5, 5.41) is 21.1. The minimum Gasteiger partial charge on any atom is -0.481 e. The van der Waals surface area contributed by atoms with Gasteiger partial charge in [-0.25, -0.2) is 4.68 Å². The predicted molar refractivity (Wildman–Crippen MR) is 92.8 cm³/mol. The Morgan fingerprint density at radius 1 is 1.56 bits per heavy atom. The number of carboxylic acid groups (broad SMARTS) is 1. The van der Waals surface area contributed by atoms with Crippen LogP contribution in [-0.4, -0.2) is 81.4 Å². The van der Waals surface area contributed by atoms with Crippen molar-refractivity contribution in [3.8, 4) is 0 Å². The molecule has 3 atom stereocenters. The van der Waals surface area contributed by atoms with E-state index in [4.69, 9.17) is 0 Å². The summed E-state index contributed by atoms with van der Waals surface area (Å²) in [6.45, 7) is 1.47. The Morgan fingerprint density at radius 3 is 2.84 bits per heavy atom.